The number of rotatable bonds is 1. The van der Waals surface area contributed by atoms with Crippen molar-refractivity contribution in [3.8, 4) is 0 Å². The zero-order chi connectivity index (χ0) is 11.5. The van der Waals surface area contributed by atoms with Crippen molar-refractivity contribution in [1.82, 2.24) is 5.43 Å². The van der Waals surface area contributed by atoms with Gasteiger partial charge in [-0.1, -0.05) is 31.2 Å². The number of fused-ring (bicyclic) bond motifs is 1. The van der Waals surface area contributed by atoms with E-state index in [1.165, 1.54) is 11.1 Å². The molecule has 4 nitrogen and oxygen atoms in total. The summed E-state index contributed by atoms with van der Waals surface area (Å²) in [5.41, 5.74) is 10.9. The van der Waals surface area contributed by atoms with Crippen LogP contribution in [0.1, 0.15) is 30.4 Å². The number of nitrogens with two attached hydrogens (primary N) is 1. The Balaban J connectivity index is 2.24. The zero-order valence-electron chi connectivity index (χ0n) is 9.23. The number of carbonyl (C=O) groups excluding carboxylic acids is 1. The summed E-state index contributed by atoms with van der Waals surface area (Å²) in [7, 11) is 0. The smallest absolute Gasteiger partial charge is 0.332 e. The Kier molecular flexibility index (Phi) is 2.90. The average Bonchev–Trinajstić information content (AvgIpc) is 2.28. The van der Waals surface area contributed by atoms with Crippen LogP contribution in [0.15, 0.2) is 29.4 Å². The van der Waals surface area contributed by atoms with Gasteiger partial charge in [0, 0.05) is 11.6 Å². The molecule has 4 heteroatoms. The molecule has 0 fully saturated rings. The van der Waals surface area contributed by atoms with E-state index < -0.39 is 6.03 Å². The second-order valence-corrected chi connectivity index (χ2v) is 4.00. The van der Waals surface area contributed by atoms with Crippen LogP contribution in [-0.2, 0) is 6.42 Å². The van der Waals surface area contributed by atoms with E-state index in [1.54, 1.807) is 0 Å². The fraction of sp³-hybridized carbons (Fsp3) is 0.333. The second kappa shape index (κ2) is 4.35. The monoisotopic (exact) mass is 217 g/mol. The number of nitrogens with one attached hydrogen (secondary N) is 1. The molecule has 0 heterocycles. The predicted molar refractivity (Wildman–Crippen MR) is 63.3 cm³/mol. The van der Waals surface area contributed by atoms with E-state index in [2.05, 4.69) is 35.7 Å². The van der Waals surface area contributed by atoms with E-state index in [1.807, 2.05) is 6.07 Å². The van der Waals surface area contributed by atoms with Gasteiger partial charge in [0.15, 0.2) is 0 Å². The van der Waals surface area contributed by atoms with Gasteiger partial charge in [-0.3, -0.25) is 0 Å². The molecule has 2 amide bonds. The van der Waals surface area contributed by atoms with Gasteiger partial charge in [0.25, 0.3) is 0 Å². The van der Waals surface area contributed by atoms with E-state index in [0.29, 0.717) is 0 Å². The summed E-state index contributed by atoms with van der Waals surface area (Å²) in [4.78, 5) is 10.6. The van der Waals surface area contributed by atoms with Crippen molar-refractivity contribution in [1.29, 1.82) is 0 Å². The number of carbonyl (C=O) groups is 1. The van der Waals surface area contributed by atoms with Crippen molar-refractivity contribution < 1.29 is 4.79 Å². The molecule has 1 aliphatic carbocycles. The van der Waals surface area contributed by atoms with Crippen LogP contribution in [0.5, 0.6) is 0 Å². The number of urea groups is 1. The van der Waals surface area contributed by atoms with E-state index >= 15 is 0 Å². The topological polar surface area (TPSA) is 67.5 Å². The van der Waals surface area contributed by atoms with Crippen molar-refractivity contribution in [3.63, 3.8) is 0 Å². The SMILES string of the molecule is CC1/C(=N/NC(N)=O)CCc2ccccc21. The van der Waals surface area contributed by atoms with E-state index in [0.717, 1.165) is 18.6 Å². The molecule has 0 spiro atoms. The molecule has 1 aliphatic rings. The molecule has 0 aliphatic heterocycles. The average molecular weight is 217 g/mol. The molecule has 3 N–H and O–H groups in total. The minimum Gasteiger partial charge on any atom is -0.350 e. The Bertz CT molecular complexity index is 440. The largest absolute Gasteiger partial charge is 0.350 e. The molecule has 1 aromatic carbocycles. The molecule has 2 rings (SSSR count). The molecule has 1 unspecified atom stereocenters. The third-order valence-corrected chi connectivity index (χ3v) is 2.98. The van der Waals surface area contributed by atoms with Gasteiger partial charge in [-0.15, -0.1) is 0 Å². The quantitative estimate of drug-likeness (QED) is 0.691. The Morgan fingerprint density at radius 1 is 1.44 bits per heavy atom. The highest BCUT2D eigenvalue weighted by atomic mass is 16.2. The number of primary amides is 1. The van der Waals surface area contributed by atoms with Crippen molar-refractivity contribution >= 4 is 11.7 Å². The van der Waals surface area contributed by atoms with Gasteiger partial charge < -0.3 is 5.73 Å². The molecule has 1 atom stereocenters. The summed E-state index contributed by atoms with van der Waals surface area (Å²) in [5, 5.41) is 4.05. The number of benzene rings is 1. The van der Waals surface area contributed by atoms with E-state index in [-0.39, 0.29) is 5.92 Å². The highest BCUT2D eigenvalue weighted by molar-refractivity contribution is 5.93. The predicted octanol–water partition coefficient (Wildman–Crippen LogP) is 1.76. The Labute approximate surface area is 94.5 Å². The molecule has 0 radical (unpaired) electrons. The standard InChI is InChI=1S/C12H15N3O/c1-8-10-5-3-2-4-9(10)6-7-11(8)14-15-12(13)16/h2-5,8H,6-7H2,1H3,(H3,13,15,16)/b14-11+. The van der Waals surface area contributed by atoms with Crippen LogP contribution in [0, 0.1) is 0 Å². The lowest BCUT2D eigenvalue weighted by Crippen LogP contribution is -2.28. The number of hydrogen-bond donors (Lipinski definition) is 2. The minimum atomic E-state index is -0.612. The molecule has 84 valence electrons. The van der Waals surface area contributed by atoms with E-state index in [4.69, 9.17) is 5.73 Å². The van der Waals surface area contributed by atoms with Crippen LogP contribution in [0.2, 0.25) is 0 Å². The van der Waals surface area contributed by atoms with Gasteiger partial charge in [-0.2, -0.15) is 5.10 Å². The summed E-state index contributed by atoms with van der Waals surface area (Å²) in [6, 6.07) is 7.72. The maximum atomic E-state index is 10.6. The van der Waals surface area contributed by atoms with Crippen molar-refractivity contribution in [2.24, 2.45) is 10.8 Å². The summed E-state index contributed by atoms with van der Waals surface area (Å²) in [6.45, 7) is 2.10. The third-order valence-electron chi connectivity index (χ3n) is 2.98. The first-order valence-electron chi connectivity index (χ1n) is 5.38. The van der Waals surface area contributed by atoms with Crippen molar-refractivity contribution in [2.45, 2.75) is 25.7 Å². The van der Waals surface area contributed by atoms with Gasteiger partial charge in [-0.05, 0) is 24.0 Å². The number of hydrazone groups is 1. The maximum absolute atomic E-state index is 10.6. The summed E-state index contributed by atoms with van der Waals surface area (Å²) in [6.07, 6.45) is 1.85. The first-order valence-corrected chi connectivity index (χ1v) is 5.38. The Hall–Kier alpha value is -1.84. The van der Waals surface area contributed by atoms with Gasteiger partial charge >= 0.3 is 6.03 Å². The van der Waals surface area contributed by atoms with Crippen LogP contribution >= 0.6 is 0 Å². The van der Waals surface area contributed by atoms with E-state index in [9.17, 15) is 4.79 Å². The van der Waals surface area contributed by atoms with Crippen molar-refractivity contribution in [3.05, 3.63) is 35.4 Å². The molecule has 0 saturated carbocycles. The molecule has 16 heavy (non-hydrogen) atoms. The zero-order valence-corrected chi connectivity index (χ0v) is 9.23. The normalized spacial score (nSPS) is 21.6. The third kappa shape index (κ3) is 2.05. The van der Waals surface area contributed by atoms with Crippen LogP contribution in [0.3, 0.4) is 0 Å². The minimum absolute atomic E-state index is 0.247. The molecular formula is C12H15N3O. The highest BCUT2D eigenvalue weighted by Gasteiger charge is 2.21. The lowest BCUT2D eigenvalue weighted by Gasteiger charge is -2.23. The summed E-state index contributed by atoms with van der Waals surface area (Å²) >= 11 is 0. The van der Waals surface area contributed by atoms with Crippen LogP contribution in [0.25, 0.3) is 0 Å². The van der Waals surface area contributed by atoms with Crippen LogP contribution in [0.4, 0.5) is 4.79 Å². The molecule has 0 bridgehead atoms. The summed E-state index contributed by atoms with van der Waals surface area (Å²) in [5.74, 6) is 0.247. The van der Waals surface area contributed by atoms with Gasteiger partial charge in [-0.25, -0.2) is 10.2 Å². The van der Waals surface area contributed by atoms with Crippen LogP contribution in [-0.4, -0.2) is 11.7 Å². The fourth-order valence-corrected chi connectivity index (χ4v) is 2.12. The Morgan fingerprint density at radius 3 is 2.94 bits per heavy atom. The number of amides is 2. The molecule has 1 aromatic rings. The molecule has 0 aromatic heterocycles. The lowest BCUT2D eigenvalue weighted by molar-refractivity contribution is 0.249. The molecule has 0 saturated heterocycles. The highest BCUT2D eigenvalue weighted by Crippen LogP contribution is 2.28. The van der Waals surface area contributed by atoms with Crippen molar-refractivity contribution in [2.75, 3.05) is 0 Å². The maximum Gasteiger partial charge on any atom is 0.332 e. The first-order chi connectivity index (χ1) is 7.68. The second-order valence-electron chi connectivity index (χ2n) is 4.00. The Morgan fingerprint density at radius 2 is 2.19 bits per heavy atom. The van der Waals surface area contributed by atoms with Gasteiger partial charge in [0.2, 0.25) is 0 Å². The summed E-state index contributed by atoms with van der Waals surface area (Å²) < 4.78 is 0. The lowest BCUT2D eigenvalue weighted by atomic mass is 9.82. The van der Waals surface area contributed by atoms with Gasteiger partial charge in [0.1, 0.15) is 0 Å². The van der Waals surface area contributed by atoms with Gasteiger partial charge in [0.05, 0.1) is 0 Å². The molecular weight excluding hydrogens is 202 g/mol. The number of aryl methyl sites for hydroxylation is 1. The van der Waals surface area contributed by atoms with Crippen LogP contribution < -0.4 is 11.2 Å². The number of hydrogen-bond acceptors (Lipinski definition) is 2. The first kappa shape index (κ1) is 10.7. The fourth-order valence-electron chi connectivity index (χ4n) is 2.12. The number of nitrogens with zero attached hydrogens (tertiary/aromatic N) is 1.